The van der Waals surface area contributed by atoms with Gasteiger partial charge in [0, 0.05) is 41.9 Å². The molecular weight excluding hydrogens is 390 g/mol. The summed E-state index contributed by atoms with van der Waals surface area (Å²) < 4.78 is 0. The van der Waals surface area contributed by atoms with E-state index in [9.17, 15) is 14.7 Å². The maximum absolute atomic E-state index is 12.9. The Labute approximate surface area is 172 Å². The van der Waals surface area contributed by atoms with Gasteiger partial charge in [0.1, 0.15) is 5.76 Å². The van der Waals surface area contributed by atoms with Crippen molar-refractivity contribution in [3.05, 3.63) is 101 Å². The lowest BCUT2D eigenvalue weighted by molar-refractivity contribution is -0.140. The first-order valence-corrected chi connectivity index (χ1v) is 9.27. The van der Waals surface area contributed by atoms with Crippen molar-refractivity contribution in [3.8, 4) is 0 Å². The molecule has 0 aliphatic carbocycles. The monoisotopic (exact) mass is 405 g/mol. The Hall–Kier alpha value is -3.51. The fourth-order valence-corrected chi connectivity index (χ4v) is 3.50. The summed E-state index contributed by atoms with van der Waals surface area (Å²) in [5, 5.41) is 11.4. The fraction of sp³-hybridized carbons (Fsp3) is 0.0909. The van der Waals surface area contributed by atoms with E-state index in [1.807, 2.05) is 6.07 Å². The van der Waals surface area contributed by atoms with Crippen molar-refractivity contribution in [1.29, 1.82) is 0 Å². The summed E-state index contributed by atoms with van der Waals surface area (Å²) in [4.78, 5) is 35.4. The van der Waals surface area contributed by atoms with Gasteiger partial charge in [0.15, 0.2) is 0 Å². The molecule has 1 atom stereocenters. The highest BCUT2D eigenvalue weighted by Crippen LogP contribution is 2.40. The van der Waals surface area contributed by atoms with E-state index in [1.54, 1.807) is 67.3 Å². The third kappa shape index (κ3) is 3.62. The predicted molar refractivity (Wildman–Crippen MR) is 108 cm³/mol. The van der Waals surface area contributed by atoms with Crippen LogP contribution in [0.3, 0.4) is 0 Å². The number of carbonyl (C=O) groups excluding carboxylic acids is 2. The number of hydrogen-bond donors (Lipinski definition) is 1. The molecule has 144 valence electrons. The van der Waals surface area contributed by atoms with Gasteiger partial charge in [0.2, 0.25) is 0 Å². The van der Waals surface area contributed by atoms with E-state index in [-0.39, 0.29) is 17.9 Å². The summed E-state index contributed by atoms with van der Waals surface area (Å²) in [6.07, 6.45) is 6.47. The molecule has 2 aromatic heterocycles. The minimum atomic E-state index is -0.764. The number of aliphatic hydroxyl groups is 1. The highest BCUT2D eigenvalue weighted by molar-refractivity contribution is 6.46. The number of rotatable bonds is 4. The van der Waals surface area contributed by atoms with Crippen molar-refractivity contribution in [2.75, 3.05) is 0 Å². The van der Waals surface area contributed by atoms with E-state index < -0.39 is 17.7 Å². The smallest absolute Gasteiger partial charge is 0.295 e. The van der Waals surface area contributed by atoms with Crippen molar-refractivity contribution >= 4 is 29.1 Å². The third-order valence-electron chi connectivity index (χ3n) is 4.73. The number of ketones is 1. The summed E-state index contributed by atoms with van der Waals surface area (Å²) in [6, 6.07) is 12.8. The Morgan fingerprint density at radius 2 is 1.69 bits per heavy atom. The van der Waals surface area contributed by atoms with Crippen molar-refractivity contribution in [3.63, 3.8) is 0 Å². The van der Waals surface area contributed by atoms with Crippen molar-refractivity contribution in [1.82, 2.24) is 14.9 Å². The lowest BCUT2D eigenvalue weighted by atomic mass is 9.96. The Morgan fingerprint density at radius 1 is 1.00 bits per heavy atom. The van der Waals surface area contributed by atoms with Crippen LogP contribution in [0.1, 0.15) is 22.7 Å². The number of hydrogen-bond acceptors (Lipinski definition) is 5. The number of pyridine rings is 2. The second-order valence-electron chi connectivity index (χ2n) is 6.58. The third-order valence-corrected chi connectivity index (χ3v) is 4.99. The molecule has 7 heteroatoms. The number of aromatic nitrogens is 2. The number of nitrogens with zero attached hydrogens (tertiary/aromatic N) is 3. The van der Waals surface area contributed by atoms with E-state index >= 15 is 0 Å². The minimum absolute atomic E-state index is 0.0224. The largest absolute Gasteiger partial charge is 0.507 e. The zero-order valence-electron chi connectivity index (χ0n) is 15.2. The van der Waals surface area contributed by atoms with E-state index in [1.165, 1.54) is 4.90 Å². The molecule has 1 unspecified atom stereocenters. The van der Waals surface area contributed by atoms with Gasteiger partial charge in [0.05, 0.1) is 11.6 Å². The molecule has 0 radical (unpaired) electrons. The number of carbonyl (C=O) groups is 2. The average molecular weight is 406 g/mol. The van der Waals surface area contributed by atoms with Crippen LogP contribution in [0.25, 0.3) is 5.76 Å². The van der Waals surface area contributed by atoms with Gasteiger partial charge < -0.3 is 10.0 Å². The molecule has 0 bridgehead atoms. The molecule has 1 fully saturated rings. The van der Waals surface area contributed by atoms with Gasteiger partial charge in [-0.15, -0.1) is 0 Å². The van der Waals surface area contributed by atoms with Crippen LogP contribution in [0.15, 0.2) is 78.9 Å². The highest BCUT2D eigenvalue weighted by atomic mass is 35.5. The molecule has 6 nitrogen and oxygen atoms in total. The normalized spacial score (nSPS) is 18.2. The van der Waals surface area contributed by atoms with Gasteiger partial charge in [-0.1, -0.05) is 23.7 Å². The molecule has 1 saturated heterocycles. The average Bonchev–Trinajstić information content (AvgIpc) is 3.00. The topological polar surface area (TPSA) is 83.4 Å². The minimum Gasteiger partial charge on any atom is -0.507 e. The Bertz CT molecular complexity index is 1080. The summed E-state index contributed by atoms with van der Waals surface area (Å²) in [5.41, 5.74) is 1.83. The Balaban J connectivity index is 1.85. The molecule has 1 aromatic carbocycles. The van der Waals surface area contributed by atoms with Crippen LogP contribution in [0, 0.1) is 0 Å². The van der Waals surface area contributed by atoms with E-state index in [4.69, 9.17) is 11.6 Å². The van der Waals surface area contributed by atoms with Crippen molar-refractivity contribution < 1.29 is 14.7 Å². The van der Waals surface area contributed by atoms with E-state index in [0.717, 1.165) is 5.56 Å². The molecule has 3 heterocycles. The van der Waals surface area contributed by atoms with Gasteiger partial charge >= 0.3 is 0 Å². The highest BCUT2D eigenvalue weighted by Gasteiger charge is 2.46. The molecule has 3 aromatic rings. The van der Waals surface area contributed by atoms with E-state index in [2.05, 4.69) is 9.97 Å². The number of amides is 1. The number of benzene rings is 1. The van der Waals surface area contributed by atoms with Crippen LogP contribution < -0.4 is 0 Å². The standard InChI is InChI=1S/C22H16ClN3O3/c23-17-7-5-15(6-8-17)20(27)18-19(16-4-2-10-25-12-16)26(22(29)21(18)28)13-14-3-1-9-24-11-14/h1-12,19,27H,13H2/b20-18-. The quantitative estimate of drug-likeness (QED) is 0.406. The molecule has 1 aliphatic rings. The first kappa shape index (κ1) is 18.8. The summed E-state index contributed by atoms with van der Waals surface area (Å²) in [6.45, 7) is 0.176. The van der Waals surface area contributed by atoms with Crippen LogP contribution >= 0.6 is 11.6 Å². The Kier molecular flexibility index (Phi) is 5.10. The number of likely N-dealkylation sites (tertiary alicyclic amines) is 1. The lowest BCUT2D eigenvalue weighted by Crippen LogP contribution is -2.29. The summed E-state index contributed by atoms with van der Waals surface area (Å²) in [7, 11) is 0. The molecular formula is C22H16ClN3O3. The number of halogens is 1. The summed E-state index contributed by atoms with van der Waals surface area (Å²) >= 11 is 5.92. The maximum atomic E-state index is 12.9. The second-order valence-corrected chi connectivity index (χ2v) is 7.02. The lowest BCUT2D eigenvalue weighted by Gasteiger charge is -2.25. The van der Waals surface area contributed by atoms with Gasteiger partial charge in [-0.25, -0.2) is 0 Å². The first-order valence-electron chi connectivity index (χ1n) is 8.89. The molecule has 1 N–H and O–H groups in total. The van der Waals surface area contributed by atoms with Gasteiger partial charge in [-0.3, -0.25) is 19.6 Å². The molecule has 4 rings (SSSR count). The fourth-order valence-electron chi connectivity index (χ4n) is 3.38. The second kappa shape index (κ2) is 7.85. The van der Waals surface area contributed by atoms with Crippen LogP contribution in [-0.2, 0) is 16.1 Å². The van der Waals surface area contributed by atoms with Gasteiger partial charge in [-0.2, -0.15) is 0 Å². The molecule has 0 saturated carbocycles. The predicted octanol–water partition coefficient (Wildman–Crippen LogP) is 3.75. The molecule has 1 aliphatic heterocycles. The zero-order chi connectivity index (χ0) is 20.4. The molecule has 1 amide bonds. The summed E-state index contributed by atoms with van der Waals surface area (Å²) in [5.74, 6) is -1.67. The van der Waals surface area contributed by atoms with Gasteiger partial charge in [-0.05, 0) is 47.5 Å². The molecule has 29 heavy (non-hydrogen) atoms. The van der Waals surface area contributed by atoms with Crippen LogP contribution in [0.5, 0.6) is 0 Å². The van der Waals surface area contributed by atoms with Crippen LogP contribution in [-0.4, -0.2) is 31.7 Å². The van der Waals surface area contributed by atoms with Crippen LogP contribution in [0.2, 0.25) is 5.02 Å². The molecule has 0 spiro atoms. The number of aliphatic hydroxyl groups excluding tert-OH is 1. The zero-order valence-corrected chi connectivity index (χ0v) is 16.0. The van der Waals surface area contributed by atoms with E-state index in [0.29, 0.717) is 16.1 Å². The maximum Gasteiger partial charge on any atom is 0.295 e. The SMILES string of the molecule is O=C1C(=O)N(Cc2cccnc2)C(c2cccnc2)/C1=C(/O)c1ccc(Cl)cc1. The van der Waals surface area contributed by atoms with Gasteiger partial charge in [0.25, 0.3) is 11.7 Å². The first-order chi connectivity index (χ1) is 14.1. The van der Waals surface area contributed by atoms with Crippen molar-refractivity contribution in [2.24, 2.45) is 0 Å². The number of Topliss-reactive ketones (excluding diaryl/α,β-unsaturated/α-hetero) is 1. The van der Waals surface area contributed by atoms with Crippen molar-refractivity contribution in [2.45, 2.75) is 12.6 Å². The Morgan fingerprint density at radius 3 is 2.31 bits per heavy atom. The van der Waals surface area contributed by atoms with Crippen LogP contribution in [0.4, 0.5) is 0 Å².